The highest BCUT2D eigenvalue weighted by Gasteiger charge is 2.44. The third-order valence-corrected chi connectivity index (χ3v) is 6.78. The Labute approximate surface area is 211 Å². The van der Waals surface area contributed by atoms with Crippen LogP contribution in [0.15, 0.2) is 42.5 Å². The summed E-state index contributed by atoms with van der Waals surface area (Å²) in [7, 11) is 0. The molecule has 0 unspecified atom stereocenters. The van der Waals surface area contributed by atoms with E-state index in [1.54, 1.807) is 18.2 Å². The van der Waals surface area contributed by atoms with Crippen molar-refractivity contribution in [3.63, 3.8) is 0 Å². The van der Waals surface area contributed by atoms with Gasteiger partial charge in [0.1, 0.15) is 49.0 Å². The first-order chi connectivity index (χ1) is 16.8. The molecule has 194 valence electrons. The van der Waals surface area contributed by atoms with Gasteiger partial charge in [-0.25, -0.2) is 0 Å². The van der Waals surface area contributed by atoms with Gasteiger partial charge in [0.2, 0.25) is 0 Å². The molecule has 5 N–H and O–H groups in total. The van der Waals surface area contributed by atoms with Crippen LogP contribution in [0.4, 0.5) is 0 Å². The molecule has 1 aliphatic heterocycles. The number of rotatable bonds is 11. The summed E-state index contributed by atoms with van der Waals surface area (Å²) in [6, 6.07) is 12.7. The van der Waals surface area contributed by atoms with Gasteiger partial charge in [0, 0.05) is 11.6 Å². The molecule has 1 fully saturated rings. The summed E-state index contributed by atoms with van der Waals surface area (Å²) in [6.07, 6.45) is -6.15. The summed E-state index contributed by atoms with van der Waals surface area (Å²) in [6.45, 7) is 6.16. The lowest BCUT2D eigenvalue weighted by Crippen LogP contribution is -2.55. The molecule has 0 amide bonds. The number of halogens is 1. The monoisotopic (exact) mass is 509 g/mol. The highest BCUT2D eigenvalue weighted by atomic mass is 35.5. The zero-order valence-corrected chi connectivity index (χ0v) is 20.9. The number of hydrogen-bond acceptors (Lipinski definition) is 8. The van der Waals surface area contributed by atoms with Crippen LogP contribution in [0.25, 0.3) is 0 Å². The third kappa shape index (κ3) is 7.15. The number of nitrogens with zero attached hydrogens (tertiary/aromatic N) is 1. The van der Waals surface area contributed by atoms with Crippen molar-refractivity contribution < 1.29 is 35.0 Å². The van der Waals surface area contributed by atoms with E-state index in [-0.39, 0.29) is 6.61 Å². The lowest BCUT2D eigenvalue weighted by Gasteiger charge is -2.40. The molecule has 0 saturated carbocycles. The fourth-order valence-electron chi connectivity index (χ4n) is 4.23. The smallest absolute Gasteiger partial charge is 0.119 e. The number of benzene rings is 2. The maximum atomic E-state index is 10.4. The number of aliphatic hydroxyl groups excluding tert-OH is 5. The van der Waals surface area contributed by atoms with Crippen molar-refractivity contribution in [2.45, 2.75) is 56.9 Å². The summed E-state index contributed by atoms with van der Waals surface area (Å²) < 4.78 is 11.4. The van der Waals surface area contributed by atoms with Crippen LogP contribution < -0.4 is 4.74 Å². The van der Waals surface area contributed by atoms with Gasteiger partial charge in [0.15, 0.2) is 0 Å². The average molecular weight is 510 g/mol. The molecule has 0 aliphatic carbocycles. The van der Waals surface area contributed by atoms with Crippen molar-refractivity contribution in [3.05, 3.63) is 64.2 Å². The van der Waals surface area contributed by atoms with E-state index in [4.69, 9.17) is 21.1 Å². The molecule has 1 aliphatic rings. The second kappa shape index (κ2) is 13.0. The first-order valence-corrected chi connectivity index (χ1v) is 12.4. The Morgan fingerprint density at radius 3 is 2.31 bits per heavy atom. The molecule has 6 atom stereocenters. The van der Waals surface area contributed by atoms with Crippen molar-refractivity contribution in [1.82, 2.24) is 4.90 Å². The molecule has 35 heavy (non-hydrogen) atoms. The molecule has 0 radical (unpaired) electrons. The second-order valence-corrected chi connectivity index (χ2v) is 9.28. The normalized spacial score (nSPS) is 25.6. The van der Waals surface area contributed by atoms with Gasteiger partial charge in [0.25, 0.3) is 0 Å². The van der Waals surface area contributed by atoms with Gasteiger partial charge in [-0.1, -0.05) is 49.7 Å². The molecule has 0 bridgehead atoms. The average Bonchev–Trinajstić information content (AvgIpc) is 2.87. The van der Waals surface area contributed by atoms with E-state index in [0.717, 1.165) is 24.2 Å². The number of hydrogen-bond donors (Lipinski definition) is 5. The standard InChI is InChI=1S/C26H36ClNO7/c1-3-28(4-2)13-19(30)15-34-20-8-5-16(6-9-20)11-18-12-17(7-10-21(18)27)26-25(33)24(32)23(31)22(14-29)35-26/h5-10,12,19,22-26,29-33H,3-4,11,13-15H2,1-2H3/t19-,22-,23-,24+,25-,26+/m1/s1. The molecule has 2 aromatic carbocycles. The Hall–Kier alpha value is -1.75. The Bertz CT molecular complexity index is 922. The minimum atomic E-state index is -1.44. The fraction of sp³-hybridized carbons (Fsp3) is 0.538. The molecule has 0 spiro atoms. The van der Waals surface area contributed by atoms with E-state index in [2.05, 4.69) is 18.7 Å². The van der Waals surface area contributed by atoms with Crippen molar-refractivity contribution in [2.75, 3.05) is 32.8 Å². The molecular weight excluding hydrogens is 474 g/mol. The maximum Gasteiger partial charge on any atom is 0.119 e. The van der Waals surface area contributed by atoms with Crippen molar-refractivity contribution in [2.24, 2.45) is 0 Å². The van der Waals surface area contributed by atoms with Crippen LogP contribution in [-0.4, -0.2) is 93.8 Å². The van der Waals surface area contributed by atoms with Gasteiger partial charge in [-0.2, -0.15) is 0 Å². The first kappa shape index (κ1) is 27.8. The van der Waals surface area contributed by atoms with Crippen LogP contribution in [-0.2, 0) is 11.2 Å². The van der Waals surface area contributed by atoms with Gasteiger partial charge in [-0.05, 0) is 54.4 Å². The summed E-state index contributed by atoms with van der Waals surface area (Å²) >= 11 is 6.42. The van der Waals surface area contributed by atoms with E-state index in [1.165, 1.54) is 0 Å². The molecule has 1 heterocycles. The van der Waals surface area contributed by atoms with Crippen LogP contribution >= 0.6 is 11.6 Å². The van der Waals surface area contributed by atoms with Crippen molar-refractivity contribution in [3.8, 4) is 5.75 Å². The zero-order chi connectivity index (χ0) is 25.5. The lowest BCUT2D eigenvalue weighted by atomic mass is 9.90. The molecular formula is C26H36ClNO7. The maximum absolute atomic E-state index is 10.4. The summed E-state index contributed by atoms with van der Waals surface area (Å²) in [4.78, 5) is 2.14. The zero-order valence-electron chi connectivity index (χ0n) is 20.1. The number of aliphatic hydroxyl groups is 5. The second-order valence-electron chi connectivity index (χ2n) is 8.87. The van der Waals surface area contributed by atoms with E-state index >= 15 is 0 Å². The Balaban J connectivity index is 1.65. The molecule has 2 aromatic rings. The van der Waals surface area contributed by atoms with Crippen molar-refractivity contribution in [1.29, 1.82) is 0 Å². The number of likely N-dealkylation sites (N-methyl/N-ethyl adjacent to an activating group) is 1. The summed E-state index contributed by atoms with van der Waals surface area (Å²) in [5, 5.41) is 50.8. The van der Waals surface area contributed by atoms with Crippen LogP contribution in [0.2, 0.25) is 5.02 Å². The predicted molar refractivity (Wildman–Crippen MR) is 133 cm³/mol. The summed E-state index contributed by atoms with van der Waals surface area (Å²) in [5.41, 5.74) is 2.36. The van der Waals surface area contributed by atoms with Gasteiger partial charge in [-0.3, -0.25) is 0 Å². The SMILES string of the molecule is CCN(CC)C[C@@H](O)COc1ccc(Cc2cc([C@@H]3O[C@H](CO)[C@@H](O)[C@H](O)[C@H]3O)ccc2Cl)cc1. The Kier molecular flexibility index (Phi) is 10.3. The highest BCUT2D eigenvalue weighted by Crippen LogP contribution is 2.34. The van der Waals surface area contributed by atoms with Crippen LogP contribution in [0, 0.1) is 0 Å². The largest absolute Gasteiger partial charge is 0.491 e. The predicted octanol–water partition coefficient (Wildman–Crippen LogP) is 1.53. The quantitative estimate of drug-likeness (QED) is 0.309. The molecule has 3 rings (SSSR count). The first-order valence-electron chi connectivity index (χ1n) is 12.0. The Morgan fingerprint density at radius 1 is 1.00 bits per heavy atom. The van der Waals surface area contributed by atoms with Gasteiger partial charge < -0.3 is 39.9 Å². The Morgan fingerprint density at radius 2 is 1.69 bits per heavy atom. The minimum Gasteiger partial charge on any atom is -0.491 e. The van der Waals surface area contributed by atoms with Gasteiger partial charge in [0.05, 0.1) is 6.61 Å². The van der Waals surface area contributed by atoms with Gasteiger partial charge in [-0.15, -0.1) is 0 Å². The van der Waals surface area contributed by atoms with E-state index < -0.39 is 43.2 Å². The topological polar surface area (TPSA) is 123 Å². The third-order valence-electron chi connectivity index (χ3n) is 6.41. The molecule has 9 heteroatoms. The van der Waals surface area contributed by atoms with E-state index in [9.17, 15) is 25.5 Å². The highest BCUT2D eigenvalue weighted by molar-refractivity contribution is 6.31. The van der Waals surface area contributed by atoms with Gasteiger partial charge >= 0.3 is 0 Å². The minimum absolute atomic E-state index is 0.211. The number of ether oxygens (including phenoxy) is 2. The van der Waals surface area contributed by atoms with E-state index in [0.29, 0.717) is 29.3 Å². The van der Waals surface area contributed by atoms with E-state index in [1.807, 2.05) is 24.3 Å². The lowest BCUT2D eigenvalue weighted by molar-refractivity contribution is -0.231. The fourth-order valence-corrected chi connectivity index (χ4v) is 4.42. The molecule has 0 aromatic heterocycles. The van der Waals surface area contributed by atoms with Crippen LogP contribution in [0.1, 0.15) is 36.6 Å². The summed E-state index contributed by atoms with van der Waals surface area (Å²) in [5.74, 6) is 0.661. The van der Waals surface area contributed by atoms with Crippen LogP contribution in [0.5, 0.6) is 5.75 Å². The molecule has 8 nitrogen and oxygen atoms in total. The molecule has 1 saturated heterocycles. The van der Waals surface area contributed by atoms with Crippen molar-refractivity contribution >= 4 is 11.6 Å². The van der Waals surface area contributed by atoms with Crippen LogP contribution in [0.3, 0.4) is 0 Å².